The molecule has 0 amide bonds. The van der Waals surface area contributed by atoms with Gasteiger partial charge in [-0.15, -0.1) is 0 Å². The molecular formula is C20H26O8. The molecule has 0 aliphatic carbocycles. The zero-order chi connectivity index (χ0) is 22.0. The summed E-state index contributed by atoms with van der Waals surface area (Å²) in [6, 6.07) is 0. The standard InChI is InChI=1S/C20H26O8/c1-11(2)17(21)25-9-15(27-19(23)13(5)6)16(28-20(24)14(7)8)10-26-18(22)12(3)4/h15-16H,1,3,5,7,9-10H2,2,4,6,8H3/t15-,16+. The molecule has 0 spiro atoms. The molecule has 0 N–H and O–H groups in total. The van der Waals surface area contributed by atoms with Gasteiger partial charge in [0.15, 0.2) is 12.2 Å². The predicted octanol–water partition coefficient (Wildman–Crippen LogP) is 2.20. The third-order valence-corrected chi connectivity index (χ3v) is 3.08. The van der Waals surface area contributed by atoms with E-state index in [-0.39, 0.29) is 22.3 Å². The minimum absolute atomic E-state index is 0.0696. The second-order valence-electron chi connectivity index (χ2n) is 6.21. The van der Waals surface area contributed by atoms with E-state index >= 15 is 0 Å². The van der Waals surface area contributed by atoms with Gasteiger partial charge in [-0.3, -0.25) is 0 Å². The molecule has 8 heteroatoms. The molecular weight excluding hydrogens is 368 g/mol. The molecule has 0 aromatic heterocycles. The smallest absolute Gasteiger partial charge is 0.333 e. The van der Waals surface area contributed by atoms with Crippen molar-refractivity contribution in [2.45, 2.75) is 39.9 Å². The minimum Gasteiger partial charge on any atom is -0.458 e. The van der Waals surface area contributed by atoms with Crippen LogP contribution in [-0.4, -0.2) is 49.3 Å². The van der Waals surface area contributed by atoms with E-state index in [1.165, 1.54) is 27.7 Å². The van der Waals surface area contributed by atoms with Crippen LogP contribution in [0.5, 0.6) is 0 Å². The lowest BCUT2D eigenvalue weighted by Gasteiger charge is -2.26. The van der Waals surface area contributed by atoms with E-state index in [0.29, 0.717) is 0 Å². The number of esters is 4. The van der Waals surface area contributed by atoms with Crippen molar-refractivity contribution in [1.29, 1.82) is 0 Å². The molecule has 154 valence electrons. The topological polar surface area (TPSA) is 105 Å². The Labute approximate surface area is 164 Å². The van der Waals surface area contributed by atoms with Gasteiger partial charge in [-0.25, -0.2) is 19.2 Å². The summed E-state index contributed by atoms with van der Waals surface area (Å²) in [5.41, 5.74) is 0.378. The first-order valence-corrected chi connectivity index (χ1v) is 8.25. The van der Waals surface area contributed by atoms with Crippen LogP contribution in [0.15, 0.2) is 48.6 Å². The van der Waals surface area contributed by atoms with E-state index in [9.17, 15) is 19.2 Å². The number of carbonyl (C=O) groups is 4. The minimum atomic E-state index is -1.27. The first-order valence-electron chi connectivity index (χ1n) is 8.25. The Bertz CT molecular complexity index is 641. The molecule has 0 rings (SSSR count). The molecule has 0 unspecified atom stereocenters. The third kappa shape index (κ3) is 8.98. The highest BCUT2D eigenvalue weighted by Crippen LogP contribution is 2.13. The largest absolute Gasteiger partial charge is 0.458 e. The van der Waals surface area contributed by atoms with E-state index in [1.807, 2.05) is 0 Å². The van der Waals surface area contributed by atoms with Crippen molar-refractivity contribution in [3.8, 4) is 0 Å². The molecule has 0 heterocycles. The average Bonchev–Trinajstić information content (AvgIpc) is 2.60. The van der Waals surface area contributed by atoms with E-state index in [4.69, 9.17) is 18.9 Å². The van der Waals surface area contributed by atoms with Gasteiger partial charge in [0.2, 0.25) is 0 Å². The Kier molecular flexibility index (Phi) is 10.2. The van der Waals surface area contributed by atoms with Gasteiger partial charge in [0.25, 0.3) is 0 Å². The molecule has 0 fully saturated rings. The fraction of sp³-hybridized carbons (Fsp3) is 0.400. The number of rotatable bonds is 11. The molecule has 28 heavy (non-hydrogen) atoms. The SMILES string of the molecule is C=C(C)C(=O)OC[C@H](OC(=O)C(=C)C)[C@@H](COC(=O)C(=C)C)OC(=O)C(=C)C. The molecule has 0 aliphatic heterocycles. The quantitative estimate of drug-likeness (QED) is 0.298. The first-order chi connectivity index (χ1) is 12.9. The summed E-state index contributed by atoms with van der Waals surface area (Å²) in [7, 11) is 0. The van der Waals surface area contributed by atoms with Gasteiger partial charge in [-0.05, 0) is 27.7 Å². The summed E-state index contributed by atoms with van der Waals surface area (Å²) in [5.74, 6) is -3.08. The highest BCUT2D eigenvalue weighted by molar-refractivity contribution is 5.89. The Balaban J connectivity index is 5.58. The summed E-state index contributed by atoms with van der Waals surface area (Å²) in [4.78, 5) is 47.2. The third-order valence-electron chi connectivity index (χ3n) is 3.08. The Morgan fingerprint density at radius 1 is 0.571 bits per heavy atom. The number of hydrogen-bond donors (Lipinski definition) is 0. The highest BCUT2D eigenvalue weighted by Gasteiger charge is 2.32. The molecule has 0 aliphatic rings. The summed E-state index contributed by atoms with van der Waals surface area (Å²) in [6.07, 6.45) is -2.54. The van der Waals surface area contributed by atoms with Crippen LogP contribution in [0.4, 0.5) is 0 Å². The summed E-state index contributed by atoms with van der Waals surface area (Å²) in [6.45, 7) is 18.6. The maximum Gasteiger partial charge on any atom is 0.333 e. The van der Waals surface area contributed by atoms with Crippen LogP contribution in [-0.2, 0) is 38.1 Å². The molecule has 0 radical (unpaired) electrons. The molecule has 0 saturated heterocycles. The van der Waals surface area contributed by atoms with Crippen molar-refractivity contribution in [3.05, 3.63) is 48.6 Å². The number of hydrogen-bond acceptors (Lipinski definition) is 8. The molecule has 8 nitrogen and oxygen atoms in total. The van der Waals surface area contributed by atoms with Crippen molar-refractivity contribution in [3.63, 3.8) is 0 Å². The van der Waals surface area contributed by atoms with Gasteiger partial charge in [0.1, 0.15) is 13.2 Å². The van der Waals surface area contributed by atoms with Crippen LogP contribution in [0, 0.1) is 0 Å². The molecule has 0 bridgehead atoms. The van der Waals surface area contributed by atoms with Gasteiger partial charge >= 0.3 is 23.9 Å². The lowest BCUT2D eigenvalue weighted by Crippen LogP contribution is -2.42. The summed E-state index contributed by atoms with van der Waals surface area (Å²) < 4.78 is 20.4. The molecule has 0 aromatic carbocycles. The first kappa shape index (κ1) is 24.8. The van der Waals surface area contributed by atoms with Crippen molar-refractivity contribution in [1.82, 2.24) is 0 Å². The van der Waals surface area contributed by atoms with Crippen LogP contribution in [0.2, 0.25) is 0 Å². The summed E-state index contributed by atoms with van der Waals surface area (Å²) >= 11 is 0. The van der Waals surface area contributed by atoms with Crippen LogP contribution in [0.25, 0.3) is 0 Å². The van der Waals surface area contributed by atoms with Gasteiger partial charge < -0.3 is 18.9 Å². The second-order valence-corrected chi connectivity index (χ2v) is 6.21. The lowest BCUT2D eigenvalue weighted by molar-refractivity contribution is -0.177. The Morgan fingerprint density at radius 3 is 1.04 bits per heavy atom. The van der Waals surface area contributed by atoms with E-state index < -0.39 is 49.3 Å². The normalized spacial score (nSPS) is 12.0. The van der Waals surface area contributed by atoms with E-state index in [2.05, 4.69) is 26.3 Å². The monoisotopic (exact) mass is 394 g/mol. The number of ether oxygens (including phenoxy) is 4. The maximum absolute atomic E-state index is 11.9. The van der Waals surface area contributed by atoms with Crippen molar-refractivity contribution >= 4 is 23.9 Å². The second kappa shape index (κ2) is 11.5. The fourth-order valence-corrected chi connectivity index (χ4v) is 1.47. The maximum atomic E-state index is 11.9. The molecule has 2 atom stereocenters. The van der Waals surface area contributed by atoms with Gasteiger partial charge in [0, 0.05) is 22.3 Å². The molecule has 0 saturated carbocycles. The number of carbonyl (C=O) groups excluding carboxylic acids is 4. The van der Waals surface area contributed by atoms with Crippen LogP contribution >= 0.6 is 0 Å². The van der Waals surface area contributed by atoms with Crippen molar-refractivity contribution < 1.29 is 38.1 Å². The van der Waals surface area contributed by atoms with Crippen LogP contribution in [0.1, 0.15) is 27.7 Å². The van der Waals surface area contributed by atoms with Gasteiger partial charge in [0.05, 0.1) is 0 Å². The Hall–Kier alpha value is -3.16. The van der Waals surface area contributed by atoms with Crippen molar-refractivity contribution in [2.75, 3.05) is 13.2 Å². The highest BCUT2D eigenvalue weighted by atomic mass is 16.6. The van der Waals surface area contributed by atoms with E-state index in [1.54, 1.807) is 0 Å². The van der Waals surface area contributed by atoms with Gasteiger partial charge in [-0.2, -0.15) is 0 Å². The zero-order valence-electron chi connectivity index (χ0n) is 16.7. The summed E-state index contributed by atoms with van der Waals surface area (Å²) in [5, 5.41) is 0. The fourth-order valence-electron chi connectivity index (χ4n) is 1.47. The van der Waals surface area contributed by atoms with E-state index in [0.717, 1.165) is 0 Å². The predicted molar refractivity (Wildman–Crippen MR) is 101 cm³/mol. The van der Waals surface area contributed by atoms with Crippen molar-refractivity contribution in [2.24, 2.45) is 0 Å². The van der Waals surface area contributed by atoms with Crippen LogP contribution < -0.4 is 0 Å². The van der Waals surface area contributed by atoms with Crippen LogP contribution in [0.3, 0.4) is 0 Å². The lowest BCUT2D eigenvalue weighted by atomic mass is 10.2. The Morgan fingerprint density at radius 2 is 0.821 bits per heavy atom. The van der Waals surface area contributed by atoms with Gasteiger partial charge in [-0.1, -0.05) is 26.3 Å². The average molecular weight is 394 g/mol. The molecule has 0 aromatic rings. The zero-order valence-corrected chi connectivity index (χ0v) is 16.7.